The van der Waals surface area contributed by atoms with Gasteiger partial charge in [-0.3, -0.25) is 28.8 Å². The van der Waals surface area contributed by atoms with Gasteiger partial charge in [-0.1, -0.05) is 0 Å². The lowest BCUT2D eigenvalue weighted by molar-refractivity contribution is -0.146. The van der Waals surface area contributed by atoms with E-state index in [9.17, 15) is 38.4 Å². The van der Waals surface area contributed by atoms with E-state index in [-0.39, 0.29) is 98.9 Å². The van der Waals surface area contributed by atoms with Gasteiger partial charge in [0, 0.05) is 76.6 Å². The molecule has 18 nitrogen and oxygen atoms in total. The number of aromatic nitrogens is 2. The van der Waals surface area contributed by atoms with E-state index in [1.807, 2.05) is 0 Å². The van der Waals surface area contributed by atoms with Crippen LogP contribution in [0, 0.1) is 0 Å². The molecule has 0 unspecified atom stereocenters. The van der Waals surface area contributed by atoms with Crippen LogP contribution in [0.2, 0.25) is 0 Å². The Morgan fingerprint density at radius 1 is 0.406 bits per heavy atom. The van der Waals surface area contributed by atoms with Crippen molar-refractivity contribution < 1.29 is 76.3 Å². The number of carbonyl (C=O) groups excluding carboxylic acids is 8. The van der Waals surface area contributed by atoms with E-state index in [0.29, 0.717) is 88.9 Å². The van der Waals surface area contributed by atoms with Crippen molar-refractivity contribution in [3.8, 4) is 0 Å². The number of ketones is 2. The van der Waals surface area contributed by atoms with Crippen molar-refractivity contribution in [1.82, 2.24) is 9.97 Å². The van der Waals surface area contributed by atoms with Gasteiger partial charge >= 0.3 is 35.8 Å². The SMILES string of the molecule is COCCCCOC(=O)CCCCC(=O)OCCCCOC(=O)c1cc(C(C)=O)ccn1.COCCCCOC(=O)CCCCC(=O)OCCCCOC(=O)c1ccc(C(C)=O)cn1. The highest BCUT2D eigenvalue weighted by Crippen LogP contribution is 2.09. The number of ether oxygens (including phenoxy) is 8. The van der Waals surface area contributed by atoms with Crippen LogP contribution in [0.1, 0.15) is 158 Å². The van der Waals surface area contributed by atoms with Gasteiger partial charge in [-0.25, -0.2) is 19.6 Å². The van der Waals surface area contributed by atoms with Gasteiger partial charge in [-0.15, -0.1) is 0 Å². The Kier molecular flexibility index (Phi) is 32.4. The summed E-state index contributed by atoms with van der Waals surface area (Å²) < 4.78 is 40.5. The molecule has 0 bridgehead atoms. The van der Waals surface area contributed by atoms with Gasteiger partial charge in [0.25, 0.3) is 0 Å². The highest BCUT2D eigenvalue weighted by Gasteiger charge is 2.13. The quantitative estimate of drug-likeness (QED) is 0.0312. The molecule has 0 N–H and O–H groups in total. The Labute approximate surface area is 375 Å². The minimum absolute atomic E-state index is 0.0825. The van der Waals surface area contributed by atoms with E-state index in [2.05, 4.69) is 9.97 Å². The molecule has 0 atom stereocenters. The summed E-state index contributed by atoms with van der Waals surface area (Å²) in [7, 11) is 3.26. The number of carbonyl (C=O) groups is 8. The van der Waals surface area contributed by atoms with Crippen molar-refractivity contribution in [3.05, 3.63) is 59.2 Å². The van der Waals surface area contributed by atoms with Crippen LogP contribution in [0.3, 0.4) is 0 Å². The molecule has 0 saturated heterocycles. The topological polar surface area (TPSA) is 236 Å². The molecule has 64 heavy (non-hydrogen) atoms. The predicted octanol–water partition coefficient (Wildman–Crippen LogP) is 6.59. The van der Waals surface area contributed by atoms with Crippen LogP contribution in [-0.2, 0) is 57.1 Å². The van der Waals surface area contributed by atoms with Gasteiger partial charge in [-0.2, -0.15) is 0 Å². The van der Waals surface area contributed by atoms with Gasteiger partial charge in [0.1, 0.15) is 11.4 Å². The summed E-state index contributed by atoms with van der Waals surface area (Å²) in [4.78, 5) is 101. The second-order valence-electron chi connectivity index (χ2n) is 14.4. The zero-order valence-electron chi connectivity index (χ0n) is 37.9. The van der Waals surface area contributed by atoms with Crippen LogP contribution >= 0.6 is 0 Å². The number of hydrogen-bond donors (Lipinski definition) is 0. The monoisotopic (exact) mass is 902 g/mol. The van der Waals surface area contributed by atoms with Crippen LogP contribution in [0.4, 0.5) is 0 Å². The average molecular weight is 903 g/mol. The Morgan fingerprint density at radius 2 is 0.766 bits per heavy atom. The van der Waals surface area contributed by atoms with Crippen LogP contribution in [0.15, 0.2) is 36.7 Å². The van der Waals surface area contributed by atoms with Crippen LogP contribution < -0.4 is 0 Å². The molecule has 0 saturated carbocycles. The van der Waals surface area contributed by atoms with Gasteiger partial charge in [0.15, 0.2) is 11.6 Å². The maximum absolute atomic E-state index is 11.9. The van der Waals surface area contributed by atoms with Gasteiger partial charge in [0.05, 0.1) is 39.6 Å². The molecule has 0 aromatic carbocycles. The minimum Gasteiger partial charge on any atom is -0.466 e. The Hall–Kier alpha value is -5.62. The zero-order chi connectivity index (χ0) is 47.2. The molecule has 0 aliphatic rings. The van der Waals surface area contributed by atoms with Gasteiger partial charge in [-0.05, 0) is 115 Å². The average Bonchev–Trinajstić information content (AvgIpc) is 3.28. The summed E-state index contributed by atoms with van der Waals surface area (Å²) in [5.41, 5.74) is 1.04. The van der Waals surface area contributed by atoms with E-state index < -0.39 is 11.9 Å². The summed E-state index contributed by atoms with van der Waals surface area (Å²) >= 11 is 0. The first-order valence-corrected chi connectivity index (χ1v) is 21.8. The largest absolute Gasteiger partial charge is 0.466 e. The molecule has 18 heteroatoms. The van der Waals surface area contributed by atoms with E-state index in [1.54, 1.807) is 14.2 Å². The molecule has 0 fully saturated rings. The lowest BCUT2D eigenvalue weighted by Gasteiger charge is -2.07. The van der Waals surface area contributed by atoms with Crippen molar-refractivity contribution in [1.29, 1.82) is 0 Å². The van der Waals surface area contributed by atoms with Gasteiger partial charge < -0.3 is 37.9 Å². The lowest BCUT2D eigenvalue weighted by Crippen LogP contribution is -2.11. The summed E-state index contributed by atoms with van der Waals surface area (Å²) in [5, 5.41) is 0. The third kappa shape index (κ3) is 29.6. The van der Waals surface area contributed by atoms with Crippen molar-refractivity contribution in [3.63, 3.8) is 0 Å². The molecular weight excluding hydrogens is 837 g/mol. The molecule has 0 aliphatic heterocycles. The highest BCUT2D eigenvalue weighted by atomic mass is 16.6. The first-order valence-electron chi connectivity index (χ1n) is 21.8. The molecule has 2 aromatic rings. The van der Waals surface area contributed by atoms with Crippen molar-refractivity contribution in [2.75, 3.05) is 67.1 Å². The Morgan fingerprint density at radius 3 is 1.11 bits per heavy atom. The minimum atomic E-state index is -0.599. The summed E-state index contributed by atoms with van der Waals surface area (Å²) in [5.74, 6) is -2.59. The normalized spacial score (nSPS) is 10.4. The van der Waals surface area contributed by atoms with Crippen molar-refractivity contribution in [2.45, 2.75) is 117 Å². The maximum Gasteiger partial charge on any atom is 0.356 e. The van der Waals surface area contributed by atoms with E-state index in [1.165, 1.54) is 50.5 Å². The van der Waals surface area contributed by atoms with Crippen LogP contribution in [-0.4, -0.2) is 124 Å². The maximum atomic E-state index is 11.9. The summed E-state index contributed by atoms with van der Waals surface area (Å²) in [6.07, 6.45) is 11.5. The second-order valence-corrected chi connectivity index (χ2v) is 14.4. The van der Waals surface area contributed by atoms with E-state index in [4.69, 9.17) is 37.9 Å². The molecule has 0 aliphatic carbocycles. The van der Waals surface area contributed by atoms with E-state index in [0.717, 1.165) is 25.7 Å². The van der Waals surface area contributed by atoms with Crippen molar-refractivity contribution in [2.24, 2.45) is 0 Å². The van der Waals surface area contributed by atoms with Crippen LogP contribution in [0.25, 0.3) is 0 Å². The fraction of sp³-hybridized carbons (Fsp3) is 0.609. The van der Waals surface area contributed by atoms with Gasteiger partial charge in [0.2, 0.25) is 0 Å². The lowest BCUT2D eigenvalue weighted by atomic mass is 10.1. The molecule has 2 rings (SSSR count). The van der Waals surface area contributed by atoms with E-state index >= 15 is 0 Å². The number of hydrogen-bond acceptors (Lipinski definition) is 18. The highest BCUT2D eigenvalue weighted by molar-refractivity contribution is 5.97. The number of esters is 6. The number of Topliss-reactive ketones (excluding diaryl/α,β-unsaturated/α-hetero) is 2. The Bertz CT molecular complexity index is 1700. The zero-order valence-corrected chi connectivity index (χ0v) is 37.9. The summed E-state index contributed by atoms with van der Waals surface area (Å²) in [6.45, 7) is 5.74. The third-order valence-corrected chi connectivity index (χ3v) is 8.86. The number of methoxy groups -OCH3 is 2. The number of unbranched alkanes of at least 4 members (excludes halogenated alkanes) is 6. The third-order valence-electron chi connectivity index (χ3n) is 8.86. The first kappa shape index (κ1) is 56.4. The molecule has 2 heterocycles. The standard InChI is InChI=1S/2C23H33NO8/c1-18(25)19-11-12-24-20(17-19)23(28)32-16-8-7-15-31-22(27)10-4-3-9-21(26)30-14-6-5-13-29-2;1-18(25)19-11-12-20(24-17-19)23(28)32-16-8-7-15-31-22(27)10-4-3-9-21(26)30-14-6-5-13-29-2/h2*11-12,17H,3-10,13-16H2,1-2H3. The first-order chi connectivity index (χ1) is 30.9. The predicted molar refractivity (Wildman–Crippen MR) is 231 cm³/mol. The smallest absolute Gasteiger partial charge is 0.356 e. The fourth-order valence-electron chi connectivity index (χ4n) is 5.18. The summed E-state index contributed by atoms with van der Waals surface area (Å²) in [6, 6.07) is 5.91. The molecule has 356 valence electrons. The van der Waals surface area contributed by atoms with Crippen molar-refractivity contribution >= 4 is 47.4 Å². The number of pyridine rings is 2. The molecule has 2 aromatic heterocycles. The molecule has 0 radical (unpaired) electrons. The molecule has 0 spiro atoms. The number of rotatable bonds is 34. The van der Waals surface area contributed by atoms with Crippen LogP contribution in [0.5, 0.6) is 0 Å². The number of nitrogens with zero attached hydrogens (tertiary/aromatic N) is 2. The fourth-order valence-corrected chi connectivity index (χ4v) is 5.18. The molecular formula is C46H66N2O16. The Balaban J connectivity index is 0.000000640. The second kappa shape index (κ2) is 36.8. The molecule has 0 amide bonds.